The van der Waals surface area contributed by atoms with Crippen LogP contribution in [0.5, 0.6) is 0 Å². The van der Waals surface area contributed by atoms with E-state index in [1.54, 1.807) is 0 Å². The van der Waals surface area contributed by atoms with Crippen molar-refractivity contribution in [2.24, 2.45) is 5.73 Å². The van der Waals surface area contributed by atoms with Gasteiger partial charge < -0.3 is 5.73 Å². The van der Waals surface area contributed by atoms with Gasteiger partial charge in [-0.2, -0.15) is 12.6 Å². The summed E-state index contributed by atoms with van der Waals surface area (Å²) in [5, 5.41) is 0. The van der Waals surface area contributed by atoms with Crippen molar-refractivity contribution < 1.29 is 0 Å². The number of rotatable bonds is 5. The van der Waals surface area contributed by atoms with Crippen molar-refractivity contribution in [3.63, 3.8) is 0 Å². The minimum Gasteiger partial charge on any atom is -0.327 e. The molecule has 1 unspecified atom stereocenters. The first-order valence-corrected chi connectivity index (χ1v) is 4.31. The maximum Gasteiger partial charge on any atom is 0.0127 e. The highest BCUT2D eigenvalue weighted by molar-refractivity contribution is 7.80. The molecule has 9 heavy (non-hydrogen) atoms. The van der Waals surface area contributed by atoms with Crippen molar-refractivity contribution in [2.45, 2.75) is 38.6 Å². The topological polar surface area (TPSA) is 26.0 Å². The van der Waals surface area contributed by atoms with Gasteiger partial charge in [-0.3, -0.25) is 0 Å². The standard InChI is InChI=1S/C7H17NS/c1-2-3-4-5-7(8)6-9/h7,9H,2-6,8H2,1H3. The van der Waals surface area contributed by atoms with Gasteiger partial charge in [0.1, 0.15) is 0 Å². The lowest BCUT2D eigenvalue weighted by atomic mass is 10.1. The average Bonchev–Trinajstić information content (AvgIpc) is 1.89. The quantitative estimate of drug-likeness (QED) is 0.450. The van der Waals surface area contributed by atoms with Crippen LogP contribution in [0.25, 0.3) is 0 Å². The summed E-state index contributed by atoms with van der Waals surface area (Å²) in [7, 11) is 0. The maximum absolute atomic E-state index is 5.64. The molecule has 0 aromatic carbocycles. The van der Waals surface area contributed by atoms with Gasteiger partial charge in [0.05, 0.1) is 0 Å². The third kappa shape index (κ3) is 6.19. The van der Waals surface area contributed by atoms with E-state index in [0.29, 0.717) is 6.04 Å². The number of thiol groups is 1. The molecular formula is C7H17NS. The third-order valence-electron chi connectivity index (χ3n) is 1.41. The summed E-state index contributed by atoms with van der Waals surface area (Å²) in [6, 6.07) is 0.319. The zero-order valence-corrected chi connectivity index (χ0v) is 7.03. The van der Waals surface area contributed by atoms with Gasteiger partial charge in [0.2, 0.25) is 0 Å². The lowest BCUT2D eigenvalue weighted by Crippen LogP contribution is -2.21. The van der Waals surface area contributed by atoms with E-state index in [-0.39, 0.29) is 0 Å². The molecule has 2 heteroatoms. The van der Waals surface area contributed by atoms with E-state index in [1.165, 1.54) is 19.3 Å². The highest BCUT2D eigenvalue weighted by Crippen LogP contribution is 2.01. The van der Waals surface area contributed by atoms with E-state index in [4.69, 9.17) is 5.73 Å². The van der Waals surface area contributed by atoms with E-state index in [9.17, 15) is 0 Å². The molecule has 0 heterocycles. The average molecular weight is 147 g/mol. The molecule has 2 N–H and O–H groups in total. The van der Waals surface area contributed by atoms with Crippen LogP contribution in [-0.2, 0) is 0 Å². The summed E-state index contributed by atoms with van der Waals surface area (Å²) in [6.45, 7) is 2.20. The number of hydrogen-bond donors (Lipinski definition) is 2. The van der Waals surface area contributed by atoms with Crippen LogP contribution in [0.4, 0.5) is 0 Å². The Kier molecular flexibility index (Phi) is 6.65. The van der Waals surface area contributed by atoms with Gasteiger partial charge in [-0.05, 0) is 6.42 Å². The van der Waals surface area contributed by atoms with Gasteiger partial charge in [-0.25, -0.2) is 0 Å². The molecule has 1 atom stereocenters. The Morgan fingerprint density at radius 1 is 1.44 bits per heavy atom. The summed E-state index contributed by atoms with van der Waals surface area (Å²) in [4.78, 5) is 0. The first kappa shape index (κ1) is 9.31. The summed E-state index contributed by atoms with van der Waals surface area (Å²) >= 11 is 4.09. The largest absolute Gasteiger partial charge is 0.327 e. The van der Waals surface area contributed by atoms with Crippen LogP contribution < -0.4 is 5.73 Å². The molecule has 0 spiro atoms. The zero-order chi connectivity index (χ0) is 7.11. The maximum atomic E-state index is 5.64. The Balaban J connectivity index is 2.88. The number of nitrogens with two attached hydrogens (primary N) is 1. The molecule has 0 bridgehead atoms. The smallest absolute Gasteiger partial charge is 0.0127 e. The molecule has 0 saturated heterocycles. The molecule has 0 aliphatic rings. The zero-order valence-electron chi connectivity index (χ0n) is 6.14. The highest BCUT2D eigenvalue weighted by atomic mass is 32.1. The molecule has 0 radical (unpaired) electrons. The van der Waals surface area contributed by atoms with Gasteiger partial charge in [0.15, 0.2) is 0 Å². The molecule has 0 aliphatic carbocycles. The van der Waals surface area contributed by atoms with Gasteiger partial charge in [-0.15, -0.1) is 0 Å². The molecule has 0 aliphatic heterocycles. The van der Waals surface area contributed by atoms with Crippen LogP contribution in [-0.4, -0.2) is 11.8 Å². The first-order chi connectivity index (χ1) is 4.31. The minimum absolute atomic E-state index is 0.319. The fourth-order valence-electron chi connectivity index (χ4n) is 0.748. The molecule has 0 rings (SSSR count). The number of unbranched alkanes of at least 4 members (excludes halogenated alkanes) is 2. The van der Waals surface area contributed by atoms with E-state index in [1.807, 2.05) is 0 Å². The summed E-state index contributed by atoms with van der Waals surface area (Å²) in [6.07, 6.45) is 4.98. The lowest BCUT2D eigenvalue weighted by Gasteiger charge is -2.05. The highest BCUT2D eigenvalue weighted by Gasteiger charge is 1.96. The van der Waals surface area contributed by atoms with Crippen molar-refractivity contribution in [1.29, 1.82) is 0 Å². The summed E-state index contributed by atoms with van der Waals surface area (Å²) < 4.78 is 0. The van der Waals surface area contributed by atoms with E-state index in [0.717, 1.165) is 12.2 Å². The molecule has 0 aromatic heterocycles. The fraction of sp³-hybridized carbons (Fsp3) is 1.00. The van der Waals surface area contributed by atoms with E-state index < -0.39 is 0 Å². The fourth-order valence-corrected chi connectivity index (χ4v) is 0.930. The lowest BCUT2D eigenvalue weighted by molar-refractivity contribution is 0.598. The van der Waals surface area contributed by atoms with Crippen LogP contribution in [0.1, 0.15) is 32.6 Å². The van der Waals surface area contributed by atoms with Crippen LogP contribution in [0.15, 0.2) is 0 Å². The van der Waals surface area contributed by atoms with E-state index >= 15 is 0 Å². The molecule has 0 aromatic rings. The second-order valence-corrected chi connectivity index (χ2v) is 2.80. The molecule has 0 amide bonds. The summed E-state index contributed by atoms with van der Waals surface area (Å²) in [5.74, 6) is 0.823. The Bertz CT molecular complexity index is 56.9. The Labute approximate surface area is 63.4 Å². The Hall–Kier alpha value is 0.310. The van der Waals surface area contributed by atoms with Gasteiger partial charge in [0.25, 0.3) is 0 Å². The van der Waals surface area contributed by atoms with Crippen molar-refractivity contribution >= 4 is 12.6 Å². The van der Waals surface area contributed by atoms with Crippen molar-refractivity contribution in [3.05, 3.63) is 0 Å². The van der Waals surface area contributed by atoms with Gasteiger partial charge in [-0.1, -0.05) is 26.2 Å². The van der Waals surface area contributed by atoms with Gasteiger partial charge >= 0.3 is 0 Å². The van der Waals surface area contributed by atoms with Gasteiger partial charge in [0, 0.05) is 11.8 Å². The van der Waals surface area contributed by atoms with Crippen LogP contribution in [0.2, 0.25) is 0 Å². The third-order valence-corrected chi connectivity index (χ3v) is 1.88. The minimum atomic E-state index is 0.319. The van der Waals surface area contributed by atoms with Crippen LogP contribution in [0, 0.1) is 0 Å². The molecule has 0 saturated carbocycles. The second-order valence-electron chi connectivity index (χ2n) is 2.44. The molecule has 0 fully saturated rings. The monoisotopic (exact) mass is 147 g/mol. The summed E-state index contributed by atoms with van der Waals surface area (Å²) in [5.41, 5.74) is 5.64. The predicted molar refractivity (Wildman–Crippen MR) is 46.0 cm³/mol. The van der Waals surface area contributed by atoms with Crippen molar-refractivity contribution in [2.75, 3.05) is 5.75 Å². The van der Waals surface area contributed by atoms with Crippen molar-refractivity contribution in [3.8, 4) is 0 Å². The van der Waals surface area contributed by atoms with Crippen molar-refractivity contribution in [1.82, 2.24) is 0 Å². The first-order valence-electron chi connectivity index (χ1n) is 3.67. The molecule has 1 nitrogen and oxygen atoms in total. The molecular weight excluding hydrogens is 130 g/mol. The van der Waals surface area contributed by atoms with E-state index in [2.05, 4.69) is 19.6 Å². The number of hydrogen-bond acceptors (Lipinski definition) is 2. The SMILES string of the molecule is CCCCCC(N)CS. The van der Waals surface area contributed by atoms with Crippen LogP contribution >= 0.6 is 12.6 Å². The predicted octanol–water partition coefficient (Wildman–Crippen LogP) is 1.82. The Morgan fingerprint density at radius 3 is 2.56 bits per heavy atom. The normalized spacial score (nSPS) is 13.7. The van der Waals surface area contributed by atoms with Crippen LogP contribution in [0.3, 0.4) is 0 Å². The Morgan fingerprint density at radius 2 is 2.11 bits per heavy atom. The second kappa shape index (κ2) is 6.43. The molecule has 56 valence electrons.